The predicted octanol–water partition coefficient (Wildman–Crippen LogP) is -0.372. The molecular formula is C17H27N5O3S. The van der Waals surface area contributed by atoms with Crippen LogP contribution in [-0.2, 0) is 14.8 Å². The molecule has 0 bridgehead atoms. The lowest BCUT2D eigenvalue weighted by atomic mass is 10.1. The molecule has 0 radical (unpaired) electrons. The van der Waals surface area contributed by atoms with Crippen molar-refractivity contribution < 1.29 is 13.2 Å². The van der Waals surface area contributed by atoms with Gasteiger partial charge in [0.05, 0.1) is 11.3 Å². The van der Waals surface area contributed by atoms with Crippen LogP contribution in [0.4, 0.5) is 0 Å². The van der Waals surface area contributed by atoms with E-state index >= 15 is 0 Å². The van der Waals surface area contributed by atoms with Gasteiger partial charge in [0, 0.05) is 45.5 Å². The van der Waals surface area contributed by atoms with Crippen molar-refractivity contribution in [3.8, 4) is 0 Å². The van der Waals surface area contributed by atoms with Gasteiger partial charge in [-0.2, -0.15) is 0 Å². The predicted molar refractivity (Wildman–Crippen MR) is 101 cm³/mol. The van der Waals surface area contributed by atoms with Crippen LogP contribution >= 0.6 is 0 Å². The highest BCUT2D eigenvalue weighted by molar-refractivity contribution is 7.90. The topological polar surface area (TPSA) is 85.3 Å². The summed E-state index contributed by atoms with van der Waals surface area (Å²) in [7, 11) is -1.21. The molecule has 1 N–H and O–H groups in total. The van der Waals surface area contributed by atoms with Crippen LogP contribution in [0.1, 0.15) is 12.8 Å². The van der Waals surface area contributed by atoms with Crippen LogP contribution in [0.3, 0.4) is 0 Å². The van der Waals surface area contributed by atoms with E-state index in [4.69, 9.17) is 0 Å². The van der Waals surface area contributed by atoms with Crippen LogP contribution in [0.25, 0.3) is 0 Å². The van der Waals surface area contributed by atoms with Crippen molar-refractivity contribution >= 4 is 21.8 Å². The number of fused-ring (bicyclic) bond motifs is 1. The number of hydrogen-bond donors (Lipinski definition) is 1. The number of sulfonamides is 1. The highest BCUT2D eigenvalue weighted by Crippen LogP contribution is 2.15. The fourth-order valence-electron chi connectivity index (χ4n) is 3.17. The number of unbranched alkanes of at least 4 members (excludes halogenated alkanes) is 1. The second kappa shape index (κ2) is 8.32. The minimum absolute atomic E-state index is 0.0258. The molecule has 3 heterocycles. The number of piperazine rings is 1. The fraction of sp³-hybridized carbons (Fsp3) is 0.647. The van der Waals surface area contributed by atoms with Gasteiger partial charge in [-0.1, -0.05) is 0 Å². The lowest BCUT2D eigenvalue weighted by molar-refractivity contribution is -0.117. The molecule has 0 atom stereocenters. The largest absolute Gasteiger partial charge is 0.352 e. The first-order valence-electron chi connectivity index (χ1n) is 9.11. The Morgan fingerprint density at radius 3 is 2.69 bits per heavy atom. The average Bonchev–Trinajstić information content (AvgIpc) is 2.61. The van der Waals surface area contributed by atoms with Crippen molar-refractivity contribution in [1.29, 1.82) is 0 Å². The van der Waals surface area contributed by atoms with E-state index in [-0.39, 0.29) is 11.7 Å². The summed E-state index contributed by atoms with van der Waals surface area (Å²) in [5.74, 6) is 0.218. The first kappa shape index (κ1) is 19.1. The molecule has 0 aromatic heterocycles. The van der Waals surface area contributed by atoms with Crippen molar-refractivity contribution in [2.75, 3.05) is 58.6 Å². The number of carbonyl (C=O) groups is 1. The molecule has 3 aliphatic heterocycles. The van der Waals surface area contributed by atoms with E-state index in [1.165, 1.54) is 0 Å². The van der Waals surface area contributed by atoms with Gasteiger partial charge in [-0.25, -0.2) is 8.42 Å². The van der Waals surface area contributed by atoms with Gasteiger partial charge >= 0.3 is 0 Å². The van der Waals surface area contributed by atoms with Gasteiger partial charge in [-0.15, -0.1) is 4.40 Å². The number of hydrogen-bond acceptors (Lipinski definition) is 6. The summed E-state index contributed by atoms with van der Waals surface area (Å²) in [5.41, 5.74) is 0.530. The van der Waals surface area contributed by atoms with Crippen molar-refractivity contribution in [1.82, 2.24) is 20.0 Å². The number of amides is 1. The monoisotopic (exact) mass is 381 g/mol. The Bertz CT molecular complexity index is 721. The zero-order valence-electron chi connectivity index (χ0n) is 15.2. The smallest absolute Gasteiger partial charge is 0.256 e. The van der Waals surface area contributed by atoms with E-state index in [2.05, 4.69) is 26.6 Å². The Morgan fingerprint density at radius 2 is 1.92 bits per heavy atom. The van der Waals surface area contributed by atoms with Crippen LogP contribution in [0, 0.1) is 0 Å². The molecule has 9 heteroatoms. The number of nitrogens with zero attached hydrogens (tertiary/aromatic N) is 4. The Balaban J connectivity index is 1.38. The zero-order valence-corrected chi connectivity index (χ0v) is 16.0. The molecule has 8 nitrogen and oxygen atoms in total. The Kier molecular flexibility index (Phi) is 6.10. The first-order chi connectivity index (χ1) is 12.4. The van der Waals surface area contributed by atoms with E-state index in [1.54, 1.807) is 23.3 Å². The minimum atomic E-state index is -3.37. The van der Waals surface area contributed by atoms with E-state index in [0.29, 0.717) is 24.5 Å². The van der Waals surface area contributed by atoms with Gasteiger partial charge in [0.1, 0.15) is 5.84 Å². The van der Waals surface area contributed by atoms with E-state index < -0.39 is 10.0 Å². The lowest BCUT2D eigenvalue weighted by Gasteiger charge is -2.32. The summed E-state index contributed by atoms with van der Waals surface area (Å²) in [6, 6.07) is 0. The van der Waals surface area contributed by atoms with Crippen molar-refractivity contribution in [3.05, 3.63) is 23.9 Å². The Hall–Kier alpha value is -1.71. The summed E-state index contributed by atoms with van der Waals surface area (Å²) in [6.07, 6.45) is 6.89. The van der Waals surface area contributed by atoms with E-state index in [1.807, 2.05) is 0 Å². The average molecular weight is 382 g/mol. The van der Waals surface area contributed by atoms with Gasteiger partial charge in [0.15, 0.2) is 0 Å². The van der Waals surface area contributed by atoms with Gasteiger partial charge in [0.2, 0.25) is 0 Å². The summed E-state index contributed by atoms with van der Waals surface area (Å²) in [6.45, 7) is 6.54. The Labute approximate surface area is 155 Å². The first-order valence-corrected chi connectivity index (χ1v) is 10.7. The quantitative estimate of drug-likeness (QED) is 0.632. The summed E-state index contributed by atoms with van der Waals surface area (Å²) < 4.78 is 26.7. The van der Waals surface area contributed by atoms with E-state index in [0.717, 1.165) is 45.6 Å². The summed E-state index contributed by atoms with van der Waals surface area (Å²) in [5, 5.41) is 2.94. The zero-order chi connectivity index (χ0) is 18.6. The van der Waals surface area contributed by atoms with Gasteiger partial charge < -0.3 is 20.0 Å². The normalized spacial score (nSPS) is 23.2. The van der Waals surface area contributed by atoms with Gasteiger partial charge in [-0.3, -0.25) is 4.79 Å². The highest BCUT2D eigenvalue weighted by atomic mass is 32.2. The molecular weight excluding hydrogens is 354 g/mol. The fourth-order valence-corrected chi connectivity index (χ4v) is 4.14. The van der Waals surface area contributed by atoms with Crippen molar-refractivity contribution in [2.45, 2.75) is 12.8 Å². The molecule has 0 spiro atoms. The highest BCUT2D eigenvalue weighted by Gasteiger charge is 2.24. The molecule has 0 aromatic carbocycles. The van der Waals surface area contributed by atoms with Gasteiger partial charge in [0.25, 0.3) is 15.9 Å². The van der Waals surface area contributed by atoms with Crippen LogP contribution < -0.4 is 5.32 Å². The standard InChI is InChI=1S/C17H27N5O3S/c1-20-8-10-21(11-9-20)7-3-2-6-18-17(23)15-4-5-16-19-26(24,25)13-12-22(16)14-15/h4-5,14H,2-3,6-13H2,1H3,(H,18,23). The molecule has 0 aromatic rings. The number of rotatable bonds is 6. The van der Waals surface area contributed by atoms with Crippen molar-refractivity contribution in [2.24, 2.45) is 4.40 Å². The molecule has 3 aliphatic rings. The van der Waals surface area contributed by atoms with E-state index in [9.17, 15) is 13.2 Å². The number of likely N-dealkylation sites (N-methyl/N-ethyl adjacent to an activating group) is 1. The van der Waals surface area contributed by atoms with Crippen LogP contribution in [0.2, 0.25) is 0 Å². The minimum Gasteiger partial charge on any atom is -0.352 e. The molecule has 0 aliphatic carbocycles. The molecule has 144 valence electrons. The molecule has 3 rings (SSSR count). The molecule has 0 saturated carbocycles. The molecule has 0 unspecified atom stereocenters. The molecule has 1 fully saturated rings. The van der Waals surface area contributed by atoms with Crippen LogP contribution in [0.15, 0.2) is 28.3 Å². The number of carbonyl (C=O) groups excluding carboxylic acids is 1. The van der Waals surface area contributed by atoms with Gasteiger partial charge in [-0.05, 0) is 38.6 Å². The molecule has 26 heavy (non-hydrogen) atoms. The third-order valence-electron chi connectivity index (χ3n) is 4.87. The maximum absolute atomic E-state index is 12.3. The summed E-state index contributed by atoms with van der Waals surface area (Å²) in [4.78, 5) is 18.8. The maximum Gasteiger partial charge on any atom is 0.256 e. The third kappa shape index (κ3) is 5.15. The SMILES string of the molecule is CN1CCN(CCCCNC(=O)C2=CN3CCS(=O)(=O)N=C3C=C2)CC1. The third-order valence-corrected chi connectivity index (χ3v) is 6.03. The van der Waals surface area contributed by atoms with Crippen LogP contribution in [-0.4, -0.2) is 93.5 Å². The van der Waals surface area contributed by atoms with Crippen molar-refractivity contribution in [3.63, 3.8) is 0 Å². The second-order valence-electron chi connectivity index (χ2n) is 6.95. The lowest BCUT2D eigenvalue weighted by Crippen LogP contribution is -2.44. The summed E-state index contributed by atoms with van der Waals surface area (Å²) >= 11 is 0. The molecule has 1 saturated heterocycles. The Morgan fingerprint density at radius 1 is 1.15 bits per heavy atom. The van der Waals surface area contributed by atoms with Crippen LogP contribution in [0.5, 0.6) is 0 Å². The maximum atomic E-state index is 12.3. The molecule has 1 amide bonds. The number of nitrogens with one attached hydrogen (secondary N) is 1. The number of amidine groups is 1. The second-order valence-corrected chi connectivity index (χ2v) is 8.71.